The molecule has 2 N–H and O–H groups in total. The Morgan fingerprint density at radius 2 is 2.06 bits per heavy atom. The van der Waals surface area contributed by atoms with Crippen LogP contribution in [0.1, 0.15) is 18.9 Å². The minimum atomic E-state index is -0.0827. The highest BCUT2D eigenvalue weighted by molar-refractivity contribution is 5.94. The van der Waals surface area contributed by atoms with Crippen LogP contribution in [0.15, 0.2) is 24.3 Å². The average molecular weight is 231 g/mol. The number of nitrogens with zero attached hydrogens (tertiary/aromatic N) is 2. The topological polar surface area (TPSA) is 70.1 Å². The van der Waals surface area contributed by atoms with Crippen LogP contribution in [0.3, 0.4) is 0 Å². The molecular weight excluding hydrogens is 214 g/mol. The number of anilines is 1. The third kappa shape index (κ3) is 3.30. The molecule has 4 heteroatoms. The average Bonchev–Trinajstić information content (AvgIpc) is 2.37. The van der Waals surface area contributed by atoms with Gasteiger partial charge in [0.1, 0.15) is 0 Å². The van der Waals surface area contributed by atoms with E-state index in [1.165, 1.54) is 0 Å². The summed E-state index contributed by atoms with van der Waals surface area (Å²) >= 11 is 0. The van der Waals surface area contributed by atoms with Gasteiger partial charge < -0.3 is 10.6 Å². The van der Waals surface area contributed by atoms with Crippen molar-refractivity contribution >= 4 is 11.6 Å². The molecule has 0 spiro atoms. The van der Waals surface area contributed by atoms with Gasteiger partial charge in [-0.05, 0) is 37.2 Å². The summed E-state index contributed by atoms with van der Waals surface area (Å²) in [5.74, 6) is -0.0409. The highest BCUT2D eigenvalue weighted by Gasteiger charge is 2.17. The second-order valence-electron chi connectivity index (χ2n) is 4.03. The third-order valence-corrected chi connectivity index (χ3v) is 2.74. The van der Waals surface area contributed by atoms with E-state index in [4.69, 9.17) is 11.0 Å². The predicted octanol–water partition coefficient (Wildman–Crippen LogP) is 1.51. The van der Waals surface area contributed by atoms with Gasteiger partial charge in [0, 0.05) is 18.7 Å². The lowest BCUT2D eigenvalue weighted by atomic mass is 10.1. The molecule has 0 saturated heterocycles. The van der Waals surface area contributed by atoms with Crippen LogP contribution in [0, 0.1) is 17.2 Å². The van der Waals surface area contributed by atoms with Gasteiger partial charge in [-0.3, -0.25) is 4.79 Å². The maximum absolute atomic E-state index is 12.0. The fourth-order valence-electron chi connectivity index (χ4n) is 1.59. The van der Waals surface area contributed by atoms with Crippen LogP contribution in [0.5, 0.6) is 0 Å². The molecular formula is C13H17N3O. The quantitative estimate of drug-likeness (QED) is 0.853. The molecule has 1 aromatic rings. The first-order chi connectivity index (χ1) is 8.10. The number of hydrogen-bond acceptors (Lipinski definition) is 3. The summed E-state index contributed by atoms with van der Waals surface area (Å²) in [5, 5.41) is 8.69. The van der Waals surface area contributed by atoms with Crippen molar-refractivity contribution < 1.29 is 4.79 Å². The highest BCUT2D eigenvalue weighted by atomic mass is 16.2. The van der Waals surface area contributed by atoms with E-state index in [-0.39, 0.29) is 11.8 Å². The lowest BCUT2D eigenvalue weighted by Crippen LogP contribution is -2.32. The Morgan fingerprint density at radius 1 is 1.47 bits per heavy atom. The minimum absolute atomic E-state index is 0.0418. The van der Waals surface area contributed by atoms with Gasteiger partial charge in [0.15, 0.2) is 0 Å². The number of benzene rings is 1. The number of nitrogens with two attached hydrogens (primary N) is 1. The molecule has 0 aromatic heterocycles. The summed E-state index contributed by atoms with van der Waals surface area (Å²) in [6.45, 7) is 2.38. The molecule has 1 aromatic carbocycles. The van der Waals surface area contributed by atoms with Crippen molar-refractivity contribution in [3.63, 3.8) is 0 Å². The second-order valence-corrected chi connectivity index (χ2v) is 4.03. The Balaban J connectivity index is 2.78. The molecule has 0 bridgehead atoms. The summed E-state index contributed by atoms with van der Waals surface area (Å²) in [7, 11) is 1.73. The summed E-state index contributed by atoms with van der Waals surface area (Å²) < 4.78 is 0. The number of carbonyl (C=O) groups excluding carboxylic acids is 1. The molecule has 0 saturated carbocycles. The lowest BCUT2D eigenvalue weighted by molar-refractivity contribution is -0.121. The Labute approximate surface area is 102 Å². The number of hydrogen-bond donors (Lipinski definition) is 1. The van der Waals surface area contributed by atoms with Gasteiger partial charge in [-0.25, -0.2) is 0 Å². The summed E-state index contributed by atoms with van der Waals surface area (Å²) in [4.78, 5) is 13.6. The Bertz CT molecular complexity index is 419. The molecule has 0 fully saturated rings. The fourth-order valence-corrected chi connectivity index (χ4v) is 1.59. The second kappa shape index (κ2) is 6.02. The summed E-state index contributed by atoms with van der Waals surface area (Å²) in [6, 6.07) is 8.99. The molecule has 17 heavy (non-hydrogen) atoms. The number of amides is 1. The predicted molar refractivity (Wildman–Crippen MR) is 67.4 cm³/mol. The third-order valence-electron chi connectivity index (χ3n) is 2.74. The summed E-state index contributed by atoms with van der Waals surface area (Å²) in [6.07, 6.45) is 0.680. The van der Waals surface area contributed by atoms with Crippen molar-refractivity contribution in [2.24, 2.45) is 11.7 Å². The van der Waals surface area contributed by atoms with Crippen LogP contribution in [0.25, 0.3) is 0 Å². The van der Waals surface area contributed by atoms with Crippen LogP contribution in [0.4, 0.5) is 5.69 Å². The maximum Gasteiger partial charge on any atom is 0.229 e. The van der Waals surface area contributed by atoms with Gasteiger partial charge in [-0.2, -0.15) is 5.26 Å². The van der Waals surface area contributed by atoms with Crippen molar-refractivity contribution in [1.29, 1.82) is 5.26 Å². The molecule has 1 rings (SSSR count). The molecule has 0 aliphatic carbocycles. The summed E-state index contributed by atoms with van der Waals surface area (Å²) in [5.41, 5.74) is 6.81. The molecule has 1 atom stereocenters. The van der Waals surface area contributed by atoms with Crippen molar-refractivity contribution in [2.75, 3.05) is 18.5 Å². The van der Waals surface area contributed by atoms with Gasteiger partial charge >= 0.3 is 0 Å². The number of nitriles is 1. The number of rotatable bonds is 4. The highest BCUT2D eigenvalue weighted by Crippen LogP contribution is 2.16. The monoisotopic (exact) mass is 231 g/mol. The van der Waals surface area contributed by atoms with Crippen LogP contribution >= 0.6 is 0 Å². The fraction of sp³-hybridized carbons (Fsp3) is 0.385. The molecule has 0 aliphatic heterocycles. The SMILES string of the molecule is CC(CCN)C(=O)N(C)c1ccc(C#N)cc1. The molecule has 90 valence electrons. The largest absolute Gasteiger partial charge is 0.330 e. The zero-order valence-electron chi connectivity index (χ0n) is 10.2. The van der Waals surface area contributed by atoms with Crippen molar-refractivity contribution in [3.05, 3.63) is 29.8 Å². The van der Waals surface area contributed by atoms with Crippen molar-refractivity contribution in [1.82, 2.24) is 0 Å². The molecule has 1 amide bonds. The van der Waals surface area contributed by atoms with Gasteiger partial charge in [-0.1, -0.05) is 6.92 Å². The van der Waals surface area contributed by atoms with Gasteiger partial charge in [-0.15, -0.1) is 0 Å². The Hall–Kier alpha value is -1.86. The lowest BCUT2D eigenvalue weighted by Gasteiger charge is -2.21. The van der Waals surface area contributed by atoms with Crippen molar-refractivity contribution in [2.45, 2.75) is 13.3 Å². The molecule has 1 unspecified atom stereocenters. The standard InChI is InChI=1S/C13H17N3O/c1-10(7-8-14)13(17)16(2)12-5-3-11(9-15)4-6-12/h3-6,10H,7-8,14H2,1-2H3. The minimum Gasteiger partial charge on any atom is -0.330 e. The van der Waals surface area contributed by atoms with E-state index in [9.17, 15) is 4.79 Å². The Morgan fingerprint density at radius 3 is 2.53 bits per heavy atom. The van der Waals surface area contributed by atoms with Gasteiger partial charge in [0.2, 0.25) is 5.91 Å². The molecule has 0 aliphatic rings. The normalized spacial score (nSPS) is 11.6. The smallest absolute Gasteiger partial charge is 0.229 e. The molecule has 0 radical (unpaired) electrons. The van der Waals surface area contributed by atoms with E-state index >= 15 is 0 Å². The molecule has 4 nitrogen and oxygen atoms in total. The van der Waals surface area contributed by atoms with E-state index in [2.05, 4.69) is 0 Å². The zero-order valence-corrected chi connectivity index (χ0v) is 10.2. The number of carbonyl (C=O) groups is 1. The van der Waals surface area contributed by atoms with Crippen LogP contribution in [-0.4, -0.2) is 19.5 Å². The molecule has 0 heterocycles. The first-order valence-electron chi connectivity index (χ1n) is 5.58. The Kier molecular flexibility index (Phi) is 4.68. The van der Waals surface area contributed by atoms with E-state index in [1.54, 1.807) is 36.2 Å². The first kappa shape index (κ1) is 13.2. The van der Waals surface area contributed by atoms with E-state index in [0.717, 1.165) is 5.69 Å². The van der Waals surface area contributed by atoms with Crippen LogP contribution in [-0.2, 0) is 4.79 Å². The van der Waals surface area contributed by atoms with Crippen molar-refractivity contribution in [3.8, 4) is 6.07 Å². The van der Waals surface area contributed by atoms with Gasteiger partial charge in [0.05, 0.1) is 11.6 Å². The zero-order chi connectivity index (χ0) is 12.8. The maximum atomic E-state index is 12.0. The van der Waals surface area contributed by atoms with E-state index < -0.39 is 0 Å². The van der Waals surface area contributed by atoms with E-state index in [1.807, 2.05) is 13.0 Å². The first-order valence-corrected chi connectivity index (χ1v) is 5.58. The van der Waals surface area contributed by atoms with E-state index in [0.29, 0.717) is 18.5 Å². The van der Waals surface area contributed by atoms with Gasteiger partial charge in [0.25, 0.3) is 0 Å². The van der Waals surface area contributed by atoms with Crippen LogP contribution < -0.4 is 10.6 Å². The van der Waals surface area contributed by atoms with Crippen LogP contribution in [0.2, 0.25) is 0 Å².